The molecule has 0 fully saturated rings. The lowest BCUT2D eigenvalue weighted by Crippen LogP contribution is -2.34. The maximum Gasteiger partial charge on any atom is 0.156 e. The van der Waals surface area contributed by atoms with Crippen LogP contribution in [-0.2, 0) is 4.84 Å². The van der Waals surface area contributed by atoms with Gasteiger partial charge in [-0.2, -0.15) is 5.10 Å². The van der Waals surface area contributed by atoms with Crippen molar-refractivity contribution in [3.63, 3.8) is 0 Å². The molecular formula is C21H21FN4OS2. The Morgan fingerprint density at radius 1 is 1.17 bits per heavy atom. The predicted molar refractivity (Wildman–Crippen MR) is 114 cm³/mol. The summed E-state index contributed by atoms with van der Waals surface area (Å²) in [7, 11) is 0. The third-order valence-corrected chi connectivity index (χ3v) is 6.75. The van der Waals surface area contributed by atoms with E-state index in [2.05, 4.69) is 35.6 Å². The molecule has 1 N–H and O–H groups in total. The van der Waals surface area contributed by atoms with Gasteiger partial charge < -0.3 is 0 Å². The van der Waals surface area contributed by atoms with Gasteiger partial charge in [0.2, 0.25) is 0 Å². The average Bonchev–Trinajstić information content (AvgIpc) is 3.03. The predicted octanol–water partition coefficient (Wildman–Crippen LogP) is 5.08. The number of hydrogen-bond donors (Lipinski definition) is 1. The van der Waals surface area contributed by atoms with Crippen molar-refractivity contribution in [3.05, 3.63) is 68.3 Å². The average molecular weight is 429 g/mol. The summed E-state index contributed by atoms with van der Waals surface area (Å²) in [6, 6.07) is 8.53. The molecule has 0 amide bonds. The van der Waals surface area contributed by atoms with Gasteiger partial charge in [-0.05, 0) is 63.1 Å². The van der Waals surface area contributed by atoms with E-state index in [1.165, 1.54) is 39.2 Å². The number of aromatic nitrogens is 2. The van der Waals surface area contributed by atoms with Crippen molar-refractivity contribution < 1.29 is 9.23 Å². The molecule has 1 atom stereocenters. The standard InChI is InChI=1S/C21H21FN4OS2/c1-11-8-17(14(4)28-11)18-10-27-26-20(23-18)19-12(2)13(3)24-25-21(19)29-16-7-5-6-15(22)9-16/h5-9,18H,10H2,1-4H3,(H,23,26)/t18-/m1/s1. The number of nitrogens with zero attached hydrogens (tertiary/aromatic N) is 3. The first-order valence-electron chi connectivity index (χ1n) is 9.22. The van der Waals surface area contributed by atoms with Crippen LogP contribution in [0.3, 0.4) is 0 Å². The second-order valence-corrected chi connectivity index (χ2v) is 9.45. The fourth-order valence-corrected chi connectivity index (χ4v) is 5.20. The Morgan fingerprint density at radius 2 is 2.00 bits per heavy atom. The van der Waals surface area contributed by atoms with Gasteiger partial charge in [-0.3, -0.25) is 9.83 Å². The van der Waals surface area contributed by atoms with Crippen molar-refractivity contribution in [1.82, 2.24) is 15.7 Å². The first-order valence-corrected chi connectivity index (χ1v) is 10.9. The van der Waals surface area contributed by atoms with Crippen molar-refractivity contribution in [2.75, 3.05) is 6.61 Å². The third-order valence-electron chi connectivity index (χ3n) is 4.80. The van der Waals surface area contributed by atoms with E-state index in [-0.39, 0.29) is 11.9 Å². The van der Waals surface area contributed by atoms with Crippen molar-refractivity contribution in [2.24, 2.45) is 4.99 Å². The zero-order chi connectivity index (χ0) is 20.5. The molecule has 8 heteroatoms. The molecule has 4 rings (SSSR count). The van der Waals surface area contributed by atoms with Crippen LogP contribution in [0.15, 0.2) is 45.2 Å². The Morgan fingerprint density at radius 3 is 2.72 bits per heavy atom. The number of thiophene rings is 1. The molecule has 3 heterocycles. The summed E-state index contributed by atoms with van der Waals surface area (Å²) >= 11 is 3.13. The summed E-state index contributed by atoms with van der Waals surface area (Å²) in [5.41, 5.74) is 6.76. The Labute approximate surface area is 177 Å². The normalized spacial score (nSPS) is 16.4. The third kappa shape index (κ3) is 4.19. The van der Waals surface area contributed by atoms with Crippen molar-refractivity contribution >= 4 is 28.9 Å². The van der Waals surface area contributed by atoms with E-state index in [4.69, 9.17) is 9.83 Å². The highest BCUT2D eigenvalue weighted by atomic mass is 32.2. The van der Waals surface area contributed by atoms with Gasteiger partial charge in [-0.15, -0.1) is 16.4 Å². The summed E-state index contributed by atoms with van der Waals surface area (Å²) < 4.78 is 13.6. The van der Waals surface area contributed by atoms with Crippen LogP contribution in [0.5, 0.6) is 0 Å². The van der Waals surface area contributed by atoms with Gasteiger partial charge in [0.25, 0.3) is 0 Å². The molecule has 0 spiro atoms. The van der Waals surface area contributed by atoms with E-state index in [1.54, 1.807) is 17.4 Å². The monoisotopic (exact) mass is 428 g/mol. The van der Waals surface area contributed by atoms with E-state index in [0.717, 1.165) is 21.7 Å². The van der Waals surface area contributed by atoms with E-state index in [9.17, 15) is 4.39 Å². The van der Waals surface area contributed by atoms with Crippen LogP contribution in [0.4, 0.5) is 4.39 Å². The SMILES string of the molecule is Cc1cc([C@H]2CONC(c3c(Sc4cccc(F)c4)nnc(C)c3C)=N2)c(C)s1. The first-order chi connectivity index (χ1) is 13.9. The zero-order valence-electron chi connectivity index (χ0n) is 16.6. The lowest BCUT2D eigenvalue weighted by atomic mass is 10.1. The quantitative estimate of drug-likeness (QED) is 0.628. The summed E-state index contributed by atoms with van der Waals surface area (Å²) in [4.78, 5) is 13.9. The second-order valence-electron chi connectivity index (χ2n) is 6.93. The number of aliphatic imine (C=N–C) groups is 1. The van der Waals surface area contributed by atoms with Crippen LogP contribution in [-0.4, -0.2) is 22.6 Å². The minimum absolute atomic E-state index is 0.0870. The van der Waals surface area contributed by atoms with E-state index < -0.39 is 0 Å². The van der Waals surface area contributed by atoms with Crippen LogP contribution >= 0.6 is 23.1 Å². The minimum Gasteiger partial charge on any atom is -0.272 e. The number of aryl methyl sites for hydroxylation is 3. The van der Waals surface area contributed by atoms with Crippen molar-refractivity contribution in [3.8, 4) is 0 Å². The number of nitrogens with one attached hydrogen (secondary N) is 1. The summed E-state index contributed by atoms with van der Waals surface area (Å²) in [6.45, 7) is 8.57. The van der Waals surface area contributed by atoms with Gasteiger partial charge in [0.1, 0.15) is 23.5 Å². The Balaban J connectivity index is 1.76. The number of hydrogen-bond acceptors (Lipinski definition) is 7. The van der Waals surface area contributed by atoms with Crippen LogP contribution in [0.1, 0.15) is 38.2 Å². The van der Waals surface area contributed by atoms with Crippen molar-refractivity contribution in [1.29, 1.82) is 0 Å². The van der Waals surface area contributed by atoms with Crippen molar-refractivity contribution in [2.45, 2.75) is 43.7 Å². The molecule has 1 aromatic carbocycles. The number of amidine groups is 1. The molecule has 1 aliphatic heterocycles. The molecule has 0 saturated heterocycles. The van der Waals surface area contributed by atoms with Crippen LogP contribution in [0, 0.1) is 33.5 Å². The molecule has 0 aliphatic carbocycles. The molecule has 1 aliphatic rings. The molecule has 0 unspecified atom stereocenters. The van der Waals surface area contributed by atoms with E-state index in [0.29, 0.717) is 17.5 Å². The lowest BCUT2D eigenvalue weighted by Gasteiger charge is -2.24. The van der Waals surface area contributed by atoms with Crippen LogP contribution in [0.2, 0.25) is 0 Å². The number of hydroxylamine groups is 1. The molecule has 3 aromatic rings. The van der Waals surface area contributed by atoms with Gasteiger partial charge in [-0.25, -0.2) is 9.87 Å². The fraction of sp³-hybridized carbons (Fsp3) is 0.286. The molecule has 0 bridgehead atoms. The Bertz CT molecular complexity index is 1100. The van der Waals surface area contributed by atoms with Crippen LogP contribution < -0.4 is 5.48 Å². The molecule has 0 saturated carbocycles. The molecule has 2 aromatic heterocycles. The lowest BCUT2D eigenvalue weighted by molar-refractivity contribution is 0.0620. The zero-order valence-corrected chi connectivity index (χ0v) is 18.2. The fourth-order valence-electron chi connectivity index (χ4n) is 3.24. The van der Waals surface area contributed by atoms with Gasteiger partial charge >= 0.3 is 0 Å². The minimum atomic E-state index is -0.284. The number of benzene rings is 1. The maximum absolute atomic E-state index is 13.6. The summed E-state index contributed by atoms with van der Waals surface area (Å²) in [5, 5.41) is 9.30. The van der Waals surface area contributed by atoms with Gasteiger partial charge in [0.15, 0.2) is 5.84 Å². The highest BCUT2D eigenvalue weighted by Crippen LogP contribution is 2.34. The smallest absolute Gasteiger partial charge is 0.156 e. The Kier molecular flexibility index (Phi) is 5.67. The highest BCUT2D eigenvalue weighted by molar-refractivity contribution is 7.99. The highest BCUT2D eigenvalue weighted by Gasteiger charge is 2.25. The molecule has 5 nitrogen and oxygen atoms in total. The topological polar surface area (TPSA) is 59.4 Å². The Hall–Kier alpha value is -2.29. The number of halogens is 1. The maximum atomic E-state index is 13.6. The molecular weight excluding hydrogens is 407 g/mol. The number of rotatable bonds is 4. The van der Waals surface area contributed by atoms with Gasteiger partial charge in [0.05, 0.1) is 11.3 Å². The summed E-state index contributed by atoms with van der Waals surface area (Å²) in [5.74, 6) is 0.340. The first kappa shape index (κ1) is 20.0. The molecule has 0 radical (unpaired) electrons. The second kappa shape index (κ2) is 8.22. The van der Waals surface area contributed by atoms with Crippen LogP contribution in [0.25, 0.3) is 0 Å². The van der Waals surface area contributed by atoms with E-state index in [1.807, 2.05) is 19.9 Å². The van der Waals surface area contributed by atoms with Gasteiger partial charge in [0, 0.05) is 14.6 Å². The molecule has 150 valence electrons. The molecule has 29 heavy (non-hydrogen) atoms. The largest absolute Gasteiger partial charge is 0.272 e. The summed E-state index contributed by atoms with van der Waals surface area (Å²) in [6.07, 6.45) is 0. The van der Waals surface area contributed by atoms with Gasteiger partial charge in [-0.1, -0.05) is 17.8 Å². The van der Waals surface area contributed by atoms with E-state index >= 15 is 0 Å².